The van der Waals surface area contributed by atoms with E-state index in [-0.39, 0.29) is 29.2 Å². The Kier molecular flexibility index (Phi) is 7.28. The molecule has 2 aromatic heterocycles. The molecule has 3 rings (SSSR count). The summed E-state index contributed by atoms with van der Waals surface area (Å²) in [6.07, 6.45) is 1.27. The van der Waals surface area contributed by atoms with E-state index in [4.69, 9.17) is 9.15 Å². The Morgan fingerprint density at radius 3 is 2.65 bits per heavy atom. The van der Waals surface area contributed by atoms with E-state index in [1.807, 2.05) is 13.0 Å². The van der Waals surface area contributed by atoms with E-state index in [0.717, 1.165) is 10.4 Å². The molecule has 0 fully saturated rings. The average molecular weight is 480 g/mol. The molecule has 0 atom stereocenters. The second kappa shape index (κ2) is 10.1. The maximum atomic E-state index is 12.8. The number of nitriles is 1. The van der Waals surface area contributed by atoms with Gasteiger partial charge in [0.15, 0.2) is 0 Å². The first-order chi connectivity index (χ1) is 16.2. The zero-order valence-electron chi connectivity index (χ0n) is 18.9. The lowest BCUT2D eigenvalue weighted by Crippen LogP contribution is -2.16. The fourth-order valence-corrected chi connectivity index (χ4v) is 4.23. The van der Waals surface area contributed by atoms with Gasteiger partial charge in [0.2, 0.25) is 0 Å². The van der Waals surface area contributed by atoms with Crippen LogP contribution in [-0.4, -0.2) is 23.4 Å². The topological polar surface area (TPSA) is 135 Å². The molecule has 1 N–H and O–H groups in total. The van der Waals surface area contributed by atoms with Crippen LogP contribution in [0.2, 0.25) is 0 Å². The van der Waals surface area contributed by atoms with Crippen LogP contribution in [0.3, 0.4) is 0 Å². The van der Waals surface area contributed by atoms with Gasteiger partial charge in [0, 0.05) is 28.6 Å². The molecule has 0 aliphatic carbocycles. The second-order valence-corrected chi connectivity index (χ2v) is 8.51. The van der Waals surface area contributed by atoms with Crippen molar-refractivity contribution < 1.29 is 23.7 Å². The first kappa shape index (κ1) is 24.4. The molecular formula is C24H21N3O6S. The summed E-state index contributed by atoms with van der Waals surface area (Å²) in [5.41, 5.74) is 1.94. The van der Waals surface area contributed by atoms with Crippen LogP contribution in [0.1, 0.15) is 39.0 Å². The molecular weight excluding hydrogens is 458 g/mol. The van der Waals surface area contributed by atoms with Crippen molar-refractivity contribution in [3.63, 3.8) is 0 Å². The molecule has 9 nitrogen and oxygen atoms in total. The van der Waals surface area contributed by atoms with Crippen LogP contribution in [0.4, 0.5) is 10.7 Å². The van der Waals surface area contributed by atoms with Gasteiger partial charge in [-0.25, -0.2) is 4.79 Å². The maximum Gasteiger partial charge on any atom is 0.341 e. The SMILES string of the molecule is CCOC(=O)c1c(NC(=O)/C(C#N)=C/c2ccc(-c3cc([N+](=O)[O-])ccc3C)o2)sc(C)c1C. The zero-order valence-corrected chi connectivity index (χ0v) is 19.7. The highest BCUT2D eigenvalue weighted by atomic mass is 32.1. The number of anilines is 1. The Balaban J connectivity index is 1.89. The summed E-state index contributed by atoms with van der Waals surface area (Å²) in [5.74, 6) is -0.681. The van der Waals surface area contributed by atoms with Gasteiger partial charge in [-0.15, -0.1) is 11.3 Å². The van der Waals surface area contributed by atoms with Crippen molar-refractivity contribution in [2.45, 2.75) is 27.7 Å². The summed E-state index contributed by atoms with van der Waals surface area (Å²) in [4.78, 5) is 36.6. The van der Waals surface area contributed by atoms with Crippen LogP contribution >= 0.6 is 11.3 Å². The van der Waals surface area contributed by atoms with Gasteiger partial charge < -0.3 is 14.5 Å². The quantitative estimate of drug-likeness (QED) is 0.154. The molecule has 0 aliphatic rings. The fraction of sp³-hybridized carbons (Fsp3) is 0.208. The highest BCUT2D eigenvalue weighted by molar-refractivity contribution is 7.16. The van der Waals surface area contributed by atoms with E-state index in [2.05, 4.69) is 5.32 Å². The van der Waals surface area contributed by atoms with Gasteiger partial charge in [0.1, 0.15) is 28.2 Å². The highest BCUT2D eigenvalue weighted by Crippen LogP contribution is 2.34. The van der Waals surface area contributed by atoms with Gasteiger partial charge in [-0.1, -0.05) is 6.07 Å². The second-order valence-electron chi connectivity index (χ2n) is 7.29. The molecule has 0 bridgehead atoms. The van der Waals surface area contributed by atoms with Crippen molar-refractivity contribution >= 4 is 40.0 Å². The minimum Gasteiger partial charge on any atom is -0.462 e. The van der Waals surface area contributed by atoms with Gasteiger partial charge >= 0.3 is 5.97 Å². The van der Waals surface area contributed by atoms with E-state index in [1.165, 1.54) is 29.5 Å². The normalized spacial score (nSPS) is 11.1. The van der Waals surface area contributed by atoms with E-state index in [1.54, 1.807) is 39.0 Å². The predicted octanol–water partition coefficient (Wildman–Crippen LogP) is 5.56. The van der Waals surface area contributed by atoms with Crippen molar-refractivity contribution in [3.05, 3.63) is 73.3 Å². The van der Waals surface area contributed by atoms with Crippen LogP contribution in [0.25, 0.3) is 17.4 Å². The number of furan rings is 1. The van der Waals surface area contributed by atoms with Crippen LogP contribution in [0.5, 0.6) is 0 Å². The van der Waals surface area contributed by atoms with Crippen molar-refractivity contribution in [2.75, 3.05) is 11.9 Å². The summed E-state index contributed by atoms with van der Waals surface area (Å²) in [6, 6.07) is 9.42. The molecule has 34 heavy (non-hydrogen) atoms. The van der Waals surface area contributed by atoms with E-state index in [0.29, 0.717) is 21.9 Å². The number of carbonyl (C=O) groups excluding carboxylic acids is 2. The molecule has 0 radical (unpaired) electrons. The van der Waals surface area contributed by atoms with Crippen molar-refractivity contribution in [2.24, 2.45) is 0 Å². The predicted molar refractivity (Wildman–Crippen MR) is 128 cm³/mol. The number of carbonyl (C=O) groups is 2. The third-order valence-electron chi connectivity index (χ3n) is 5.07. The van der Waals surface area contributed by atoms with E-state index in [9.17, 15) is 25.0 Å². The number of benzene rings is 1. The molecule has 1 amide bonds. The standard InChI is InChI=1S/C24H21N3O6S/c1-5-32-24(29)21-14(3)15(4)34-23(21)26-22(28)16(12-25)10-18-8-9-20(33-18)19-11-17(27(30)31)7-6-13(19)2/h6-11H,5H2,1-4H3,(H,26,28)/b16-10+. The fourth-order valence-electron chi connectivity index (χ4n) is 3.19. The molecule has 0 saturated carbocycles. The van der Waals surface area contributed by atoms with Crippen molar-refractivity contribution in [3.8, 4) is 17.4 Å². The molecule has 10 heteroatoms. The van der Waals surface area contributed by atoms with E-state index >= 15 is 0 Å². The molecule has 1 aromatic carbocycles. The lowest BCUT2D eigenvalue weighted by molar-refractivity contribution is -0.384. The molecule has 0 unspecified atom stereocenters. The summed E-state index contributed by atoms with van der Waals surface area (Å²) < 4.78 is 10.8. The van der Waals surface area contributed by atoms with Crippen molar-refractivity contribution in [1.29, 1.82) is 5.26 Å². The lowest BCUT2D eigenvalue weighted by atomic mass is 10.1. The number of hydrogen-bond acceptors (Lipinski definition) is 8. The van der Waals surface area contributed by atoms with Gasteiger partial charge in [-0.3, -0.25) is 14.9 Å². The monoisotopic (exact) mass is 479 g/mol. The first-order valence-electron chi connectivity index (χ1n) is 10.2. The van der Waals surface area contributed by atoms with Gasteiger partial charge in [0.25, 0.3) is 11.6 Å². The largest absolute Gasteiger partial charge is 0.462 e. The zero-order chi connectivity index (χ0) is 25.0. The third-order valence-corrected chi connectivity index (χ3v) is 6.19. The minimum absolute atomic E-state index is 0.0786. The first-order valence-corrected chi connectivity index (χ1v) is 11.0. The number of aryl methyl sites for hydroxylation is 2. The van der Waals surface area contributed by atoms with Crippen molar-refractivity contribution in [1.82, 2.24) is 0 Å². The number of thiophene rings is 1. The number of esters is 1. The van der Waals surface area contributed by atoms with E-state index < -0.39 is 16.8 Å². The number of rotatable bonds is 7. The average Bonchev–Trinajstić information content (AvgIpc) is 3.36. The lowest BCUT2D eigenvalue weighted by Gasteiger charge is -2.06. The number of nitrogens with one attached hydrogen (secondary N) is 1. The smallest absolute Gasteiger partial charge is 0.341 e. The Morgan fingerprint density at radius 1 is 1.26 bits per heavy atom. The highest BCUT2D eigenvalue weighted by Gasteiger charge is 2.23. The van der Waals surface area contributed by atoms with Gasteiger partial charge in [0.05, 0.1) is 17.1 Å². The number of nitro benzene ring substituents is 1. The molecule has 0 aliphatic heterocycles. The van der Waals surface area contributed by atoms with Crippen LogP contribution in [-0.2, 0) is 9.53 Å². The Labute approximate surface area is 199 Å². The van der Waals surface area contributed by atoms with Crippen LogP contribution < -0.4 is 5.32 Å². The summed E-state index contributed by atoms with van der Waals surface area (Å²) in [5, 5.41) is 23.6. The molecule has 2 heterocycles. The van der Waals surface area contributed by atoms with Crippen LogP contribution in [0, 0.1) is 42.2 Å². The molecule has 174 valence electrons. The summed E-state index contributed by atoms with van der Waals surface area (Å²) >= 11 is 1.22. The number of amides is 1. The molecule has 3 aromatic rings. The number of nitrogens with zero attached hydrogens (tertiary/aromatic N) is 2. The maximum absolute atomic E-state index is 12.8. The minimum atomic E-state index is -0.709. The Hall–Kier alpha value is -4.23. The molecule has 0 spiro atoms. The van der Waals surface area contributed by atoms with Crippen LogP contribution in [0.15, 0.2) is 40.3 Å². The molecule has 0 saturated heterocycles. The Morgan fingerprint density at radius 2 is 2.00 bits per heavy atom. The van der Waals surface area contributed by atoms with Gasteiger partial charge in [-0.2, -0.15) is 5.26 Å². The summed E-state index contributed by atoms with van der Waals surface area (Å²) in [6.45, 7) is 7.24. The third kappa shape index (κ3) is 5.05. The number of hydrogen-bond donors (Lipinski definition) is 1. The number of non-ortho nitro benzene ring substituents is 1. The summed E-state index contributed by atoms with van der Waals surface area (Å²) in [7, 11) is 0. The van der Waals surface area contributed by atoms with Gasteiger partial charge in [-0.05, 0) is 51.0 Å². The number of nitro groups is 1. The number of ether oxygens (including phenoxy) is 1. The Bertz CT molecular complexity index is 1360.